The smallest absolute Gasteiger partial charge is 0.0554 e. The van der Waals surface area contributed by atoms with Crippen molar-refractivity contribution < 1.29 is 4.74 Å². The van der Waals surface area contributed by atoms with Crippen molar-refractivity contribution >= 4 is 0 Å². The molecule has 3 nitrogen and oxygen atoms in total. The summed E-state index contributed by atoms with van der Waals surface area (Å²) in [7, 11) is 0. The van der Waals surface area contributed by atoms with Gasteiger partial charge >= 0.3 is 0 Å². The van der Waals surface area contributed by atoms with Crippen molar-refractivity contribution in [3.63, 3.8) is 0 Å². The zero-order chi connectivity index (χ0) is 11.6. The third-order valence-electron chi connectivity index (χ3n) is 4.14. The van der Waals surface area contributed by atoms with Crippen molar-refractivity contribution in [1.29, 1.82) is 0 Å². The maximum absolute atomic E-state index is 5.29. The molecule has 2 fully saturated rings. The number of rotatable bonds is 4. The molecular formula is C13H26N2O. The average Bonchev–Trinajstić information content (AvgIpc) is 2.24. The van der Waals surface area contributed by atoms with Crippen LogP contribution in [-0.2, 0) is 4.74 Å². The third-order valence-corrected chi connectivity index (χ3v) is 4.14. The molecule has 0 aromatic heterocycles. The SMILES string of the molecule is CCN1CCC(NCC2(C)COC2)CC1C. The minimum atomic E-state index is 0.408. The van der Waals surface area contributed by atoms with Gasteiger partial charge in [0, 0.05) is 24.0 Å². The van der Waals surface area contributed by atoms with Gasteiger partial charge < -0.3 is 15.0 Å². The van der Waals surface area contributed by atoms with E-state index in [-0.39, 0.29) is 0 Å². The molecule has 0 bridgehead atoms. The Kier molecular flexibility index (Phi) is 3.88. The summed E-state index contributed by atoms with van der Waals surface area (Å²) in [5.41, 5.74) is 0.408. The van der Waals surface area contributed by atoms with Crippen LogP contribution in [-0.4, -0.2) is 49.8 Å². The lowest BCUT2D eigenvalue weighted by Crippen LogP contribution is -2.53. The first-order valence-electron chi connectivity index (χ1n) is 6.68. The van der Waals surface area contributed by atoms with Crippen LogP contribution in [0.25, 0.3) is 0 Å². The summed E-state index contributed by atoms with van der Waals surface area (Å²) < 4.78 is 5.29. The van der Waals surface area contributed by atoms with Gasteiger partial charge in [0.2, 0.25) is 0 Å². The first-order chi connectivity index (χ1) is 7.63. The molecule has 2 aliphatic heterocycles. The Balaban J connectivity index is 1.71. The molecule has 0 aliphatic carbocycles. The Morgan fingerprint density at radius 2 is 2.19 bits per heavy atom. The fourth-order valence-electron chi connectivity index (χ4n) is 2.82. The third kappa shape index (κ3) is 2.76. The standard InChI is InChI=1S/C13H26N2O/c1-4-15-6-5-12(7-11(15)2)14-8-13(3)9-16-10-13/h11-12,14H,4-10H2,1-3H3. The van der Waals surface area contributed by atoms with Crippen LogP contribution < -0.4 is 5.32 Å². The van der Waals surface area contributed by atoms with Gasteiger partial charge in [0.1, 0.15) is 0 Å². The molecular weight excluding hydrogens is 200 g/mol. The molecule has 2 saturated heterocycles. The van der Waals surface area contributed by atoms with Crippen LogP contribution in [0.4, 0.5) is 0 Å². The highest BCUT2D eigenvalue weighted by Gasteiger charge is 2.34. The molecule has 1 N–H and O–H groups in total. The number of piperidine rings is 1. The molecule has 3 heteroatoms. The highest BCUT2D eigenvalue weighted by Crippen LogP contribution is 2.26. The molecule has 0 aromatic carbocycles. The Labute approximate surface area is 99.5 Å². The van der Waals surface area contributed by atoms with Gasteiger partial charge in [-0.15, -0.1) is 0 Å². The van der Waals surface area contributed by atoms with Gasteiger partial charge in [0.05, 0.1) is 13.2 Å². The van der Waals surface area contributed by atoms with E-state index >= 15 is 0 Å². The van der Waals surface area contributed by atoms with Crippen LogP contribution in [0, 0.1) is 5.41 Å². The van der Waals surface area contributed by atoms with Gasteiger partial charge in [-0.05, 0) is 32.9 Å². The van der Waals surface area contributed by atoms with E-state index in [1.54, 1.807) is 0 Å². The minimum absolute atomic E-state index is 0.408. The van der Waals surface area contributed by atoms with Gasteiger partial charge in [0.25, 0.3) is 0 Å². The van der Waals surface area contributed by atoms with Crippen molar-refractivity contribution in [2.75, 3.05) is 32.8 Å². The number of nitrogens with zero attached hydrogens (tertiary/aromatic N) is 1. The molecule has 2 aliphatic rings. The first kappa shape index (κ1) is 12.3. The minimum Gasteiger partial charge on any atom is -0.380 e. The number of likely N-dealkylation sites (tertiary alicyclic amines) is 1. The molecule has 2 atom stereocenters. The second-order valence-corrected chi connectivity index (χ2v) is 5.88. The summed E-state index contributed by atoms with van der Waals surface area (Å²) in [5.74, 6) is 0. The Morgan fingerprint density at radius 3 is 2.69 bits per heavy atom. The van der Waals surface area contributed by atoms with E-state index in [4.69, 9.17) is 4.74 Å². The number of hydrogen-bond acceptors (Lipinski definition) is 3. The van der Waals surface area contributed by atoms with E-state index in [0.29, 0.717) is 5.41 Å². The molecule has 2 rings (SSSR count). The van der Waals surface area contributed by atoms with Gasteiger partial charge in [-0.1, -0.05) is 13.8 Å². The van der Waals surface area contributed by atoms with Crippen molar-refractivity contribution in [1.82, 2.24) is 10.2 Å². The molecule has 0 aromatic rings. The van der Waals surface area contributed by atoms with Crippen LogP contribution in [0.15, 0.2) is 0 Å². The fourth-order valence-corrected chi connectivity index (χ4v) is 2.82. The lowest BCUT2D eigenvalue weighted by atomic mass is 9.87. The molecule has 2 heterocycles. The van der Waals surface area contributed by atoms with Crippen molar-refractivity contribution in [3.05, 3.63) is 0 Å². The Morgan fingerprint density at radius 1 is 1.44 bits per heavy atom. The van der Waals surface area contributed by atoms with Gasteiger partial charge in [-0.25, -0.2) is 0 Å². The van der Waals surface area contributed by atoms with Crippen LogP contribution in [0.5, 0.6) is 0 Å². The molecule has 0 amide bonds. The second kappa shape index (κ2) is 5.03. The van der Waals surface area contributed by atoms with Crippen molar-refractivity contribution in [3.8, 4) is 0 Å². The summed E-state index contributed by atoms with van der Waals surface area (Å²) in [4.78, 5) is 2.58. The maximum atomic E-state index is 5.29. The first-order valence-corrected chi connectivity index (χ1v) is 6.68. The lowest BCUT2D eigenvalue weighted by molar-refractivity contribution is -0.101. The normalized spacial score (nSPS) is 34.7. The van der Waals surface area contributed by atoms with Gasteiger partial charge in [-0.3, -0.25) is 0 Å². The Hall–Kier alpha value is -0.120. The van der Waals surface area contributed by atoms with E-state index in [1.807, 2.05) is 0 Å². The molecule has 0 saturated carbocycles. The molecule has 16 heavy (non-hydrogen) atoms. The summed E-state index contributed by atoms with van der Waals surface area (Å²) in [6.07, 6.45) is 2.60. The van der Waals surface area contributed by atoms with Crippen LogP contribution in [0.1, 0.15) is 33.6 Å². The lowest BCUT2D eigenvalue weighted by Gasteiger charge is -2.42. The topological polar surface area (TPSA) is 24.5 Å². The second-order valence-electron chi connectivity index (χ2n) is 5.88. The molecule has 0 radical (unpaired) electrons. The predicted molar refractivity (Wildman–Crippen MR) is 66.7 cm³/mol. The van der Waals surface area contributed by atoms with Crippen LogP contribution >= 0.6 is 0 Å². The van der Waals surface area contributed by atoms with E-state index in [2.05, 4.69) is 31.0 Å². The number of hydrogen-bond donors (Lipinski definition) is 1. The van der Waals surface area contributed by atoms with Crippen LogP contribution in [0.2, 0.25) is 0 Å². The zero-order valence-corrected chi connectivity index (χ0v) is 11.0. The molecule has 94 valence electrons. The van der Waals surface area contributed by atoms with Gasteiger partial charge in [0.15, 0.2) is 0 Å². The maximum Gasteiger partial charge on any atom is 0.0554 e. The summed E-state index contributed by atoms with van der Waals surface area (Å²) in [5, 5.41) is 3.73. The van der Waals surface area contributed by atoms with Gasteiger partial charge in [-0.2, -0.15) is 0 Å². The van der Waals surface area contributed by atoms with E-state index < -0.39 is 0 Å². The monoisotopic (exact) mass is 226 g/mol. The van der Waals surface area contributed by atoms with E-state index in [0.717, 1.165) is 31.8 Å². The summed E-state index contributed by atoms with van der Waals surface area (Å²) >= 11 is 0. The highest BCUT2D eigenvalue weighted by molar-refractivity contribution is 4.87. The highest BCUT2D eigenvalue weighted by atomic mass is 16.5. The Bertz CT molecular complexity index is 228. The average molecular weight is 226 g/mol. The summed E-state index contributed by atoms with van der Waals surface area (Å²) in [6, 6.07) is 1.46. The largest absolute Gasteiger partial charge is 0.380 e. The quantitative estimate of drug-likeness (QED) is 0.786. The van der Waals surface area contributed by atoms with E-state index in [9.17, 15) is 0 Å². The fraction of sp³-hybridized carbons (Fsp3) is 1.00. The van der Waals surface area contributed by atoms with Crippen LogP contribution in [0.3, 0.4) is 0 Å². The molecule has 0 spiro atoms. The molecule has 2 unspecified atom stereocenters. The summed E-state index contributed by atoms with van der Waals surface area (Å²) in [6.45, 7) is 12.4. The van der Waals surface area contributed by atoms with Crippen molar-refractivity contribution in [2.24, 2.45) is 5.41 Å². The van der Waals surface area contributed by atoms with Crippen molar-refractivity contribution in [2.45, 2.75) is 45.7 Å². The zero-order valence-electron chi connectivity index (χ0n) is 11.0. The predicted octanol–water partition coefficient (Wildman–Crippen LogP) is 1.49. The number of nitrogens with one attached hydrogen (secondary N) is 1. The number of ether oxygens (including phenoxy) is 1. The van der Waals surface area contributed by atoms with E-state index in [1.165, 1.54) is 25.9 Å².